The maximum absolute atomic E-state index is 5.81. The summed E-state index contributed by atoms with van der Waals surface area (Å²) in [5.41, 5.74) is 6.79. The predicted molar refractivity (Wildman–Crippen MR) is 84.9 cm³/mol. The summed E-state index contributed by atoms with van der Waals surface area (Å²) in [6.45, 7) is 4.84. The number of fused-ring (bicyclic) bond motifs is 1. The summed E-state index contributed by atoms with van der Waals surface area (Å²) >= 11 is 0. The third-order valence-corrected chi connectivity index (χ3v) is 4.37. The van der Waals surface area contributed by atoms with Crippen LogP contribution < -0.4 is 10.6 Å². The summed E-state index contributed by atoms with van der Waals surface area (Å²) in [5, 5.41) is 2.48. The molecule has 20 heavy (non-hydrogen) atoms. The van der Waals surface area contributed by atoms with Gasteiger partial charge in [0.1, 0.15) is 5.82 Å². The molecule has 0 spiro atoms. The average molecular weight is 269 g/mol. The molecule has 3 rings (SSSR count). The number of benzene rings is 1. The monoisotopic (exact) mass is 269 g/mol. The molecule has 0 aliphatic heterocycles. The van der Waals surface area contributed by atoms with Gasteiger partial charge in [0, 0.05) is 25.0 Å². The van der Waals surface area contributed by atoms with Gasteiger partial charge in [0.2, 0.25) is 0 Å². The first kappa shape index (κ1) is 13.4. The van der Waals surface area contributed by atoms with E-state index in [2.05, 4.69) is 42.2 Å². The molecule has 0 unspecified atom stereocenters. The fourth-order valence-corrected chi connectivity index (χ4v) is 2.93. The lowest BCUT2D eigenvalue weighted by Crippen LogP contribution is -2.33. The largest absolute Gasteiger partial charge is 0.356 e. The van der Waals surface area contributed by atoms with Crippen molar-refractivity contribution in [3.05, 3.63) is 36.0 Å². The van der Waals surface area contributed by atoms with Crippen molar-refractivity contribution in [3.63, 3.8) is 0 Å². The number of anilines is 1. The summed E-state index contributed by atoms with van der Waals surface area (Å²) in [7, 11) is 0. The van der Waals surface area contributed by atoms with E-state index in [4.69, 9.17) is 10.7 Å². The van der Waals surface area contributed by atoms with Crippen LogP contribution >= 0.6 is 0 Å². The minimum absolute atomic E-state index is 0.499. The normalized spacial score (nSPS) is 15.3. The van der Waals surface area contributed by atoms with E-state index in [1.165, 1.54) is 30.0 Å². The van der Waals surface area contributed by atoms with Crippen LogP contribution in [0, 0.1) is 5.92 Å². The minimum atomic E-state index is 0.499. The zero-order chi connectivity index (χ0) is 13.9. The van der Waals surface area contributed by atoms with Crippen molar-refractivity contribution >= 4 is 16.6 Å². The molecule has 2 N–H and O–H groups in total. The van der Waals surface area contributed by atoms with Crippen molar-refractivity contribution in [2.45, 2.75) is 32.7 Å². The lowest BCUT2D eigenvalue weighted by atomic mass is 9.85. The molecule has 0 atom stereocenters. The van der Waals surface area contributed by atoms with E-state index in [0.29, 0.717) is 6.54 Å². The van der Waals surface area contributed by atoms with Gasteiger partial charge < -0.3 is 10.6 Å². The Morgan fingerprint density at radius 1 is 1.30 bits per heavy atom. The molecule has 1 aromatic heterocycles. The van der Waals surface area contributed by atoms with Gasteiger partial charge in [-0.2, -0.15) is 0 Å². The number of rotatable bonds is 5. The Balaban J connectivity index is 2.02. The predicted octanol–water partition coefficient (Wildman–Crippen LogP) is 3.32. The van der Waals surface area contributed by atoms with E-state index < -0.39 is 0 Å². The highest BCUT2D eigenvalue weighted by Crippen LogP contribution is 2.31. The second-order valence-electron chi connectivity index (χ2n) is 5.70. The highest BCUT2D eigenvalue weighted by molar-refractivity contribution is 5.92. The van der Waals surface area contributed by atoms with Gasteiger partial charge in [-0.1, -0.05) is 30.7 Å². The van der Waals surface area contributed by atoms with E-state index >= 15 is 0 Å². The number of hydrogen-bond acceptors (Lipinski definition) is 3. The second kappa shape index (κ2) is 5.80. The van der Waals surface area contributed by atoms with Crippen LogP contribution in [0.25, 0.3) is 10.8 Å². The zero-order valence-electron chi connectivity index (χ0n) is 12.2. The molecule has 3 nitrogen and oxygen atoms in total. The van der Waals surface area contributed by atoms with E-state index in [-0.39, 0.29) is 0 Å². The SMILES string of the molecule is CCN(CC1CCC1)c1nc(CN)cc2ccccc12. The standard InChI is InChI=1S/C17H23N3/c1-2-20(12-13-6-5-7-13)17-16-9-4-3-8-14(16)10-15(11-18)19-17/h3-4,8-10,13H,2,5-7,11-12,18H2,1H3. The van der Waals surface area contributed by atoms with Gasteiger partial charge in [0.25, 0.3) is 0 Å². The highest BCUT2D eigenvalue weighted by atomic mass is 15.2. The Bertz CT molecular complexity index is 590. The van der Waals surface area contributed by atoms with Crippen LogP contribution in [0.15, 0.2) is 30.3 Å². The number of aromatic nitrogens is 1. The van der Waals surface area contributed by atoms with E-state index in [9.17, 15) is 0 Å². The van der Waals surface area contributed by atoms with Crippen molar-refractivity contribution in [2.75, 3.05) is 18.0 Å². The maximum atomic E-state index is 5.81. The first-order valence-corrected chi connectivity index (χ1v) is 7.65. The fraction of sp³-hybridized carbons (Fsp3) is 0.471. The molecule has 0 amide bonds. The van der Waals surface area contributed by atoms with Gasteiger partial charge in [-0.05, 0) is 37.1 Å². The molecular weight excluding hydrogens is 246 g/mol. The summed E-state index contributed by atoms with van der Waals surface area (Å²) in [5.74, 6) is 1.95. The Labute approximate surface area is 120 Å². The van der Waals surface area contributed by atoms with Gasteiger partial charge in [0.05, 0.1) is 5.69 Å². The molecule has 106 valence electrons. The molecule has 0 radical (unpaired) electrons. The van der Waals surface area contributed by atoms with Crippen LogP contribution in [0.2, 0.25) is 0 Å². The van der Waals surface area contributed by atoms with Crippen molar-refractivity contribution in [1.82, 2.24) is 4.98 Å². The van der Waals surface area contributed by atoms with Crippen LogP contribution in [0.1, 0.15) is 31.9 Å². The van der Waals surface area contributed by atoms with Crippen molar-refractivity contribution in [1.29, 1.82) is 0 Å². The highest BCUT2D eigenvalue weighted by Gasteiger charge is 2.22. The number of pyridine rings is 1. The minimum Gasteiger partial charge on any atom is -0.356 e. The lowest BCUT2D eigenvalue weighted by molar-refractivity contribution is 0.318. The molecule has 1 aliphatic rings. The van der Waals surface area contributed by atoms with Gasteiger partial charge in [-0.15, -0.1) is 0 Å². The summed E-state index contributed by atoms with van der Waals surface area (Å²) in [6, 6.07) is 10.6. The van der Waals surface area contributed by atoms with Crippen LogP contribution in [0.4, 0.5) is 5.82 Å². The fourth-order valence-electron chi connectivity index (χ4n) is 2.93. The summed E-state index contributed by atoms with van der Waals surface area (Å²) in [4.78, 5) is 7.22. The number of nitrogens with zero attached hydrogens (tertiary/aromatic N) is 2. The Hall–Kier alpha value is -1.61. The topological polar surface area (TPSA) is 42.2 Å². The van der Waals surface area contributed by atoms with Crippen molar-refractivity contribution in [2.24, 2.45) is 11.7 Å². The van der Waals surface area contributed by atoms with Crippen LogP contribution in [-0.4, -0.2) is 18.1 Å². The molecule has 1 fully saturated rings. The van der Waals surface area contributed by atoms with E-state index in [1.54, 1.807) is 0 Å². The summed E-state index contributed by atoms with van der Waals surface area (Å²) < 4.78 is 0. The second-order valence-corrected chi connectivity index (χ2v) is 5.70. The molecule has 1 heterocycles. The van der Waals surface area contributed by atoms with Gasteiger partial charge in [-0.25, -0.2) is 4.98 Å². The molecule has 1 aromatic carbocycles. The first-order valence-electron chi connectivity index (χ1n) is 7.65. The van der Waals surface area contributed by atoms with Gasteiger partial charge in [0.15, 0.2) is 0 Å². The Morgan fingerprint density at radius 3 is 2.75 bits per heavy atom. The number of hydrogen-bond donors (Lipinski definition) is 1. The first-order chi connectivity index (χ1) is 9.81. The molecule has 0 saturated heterocycles. The lowest BCUT2D eigenvalue weighted by Gasteiger charge is -2.33. The Morgan fingerprint density at radius 2 is 2.10 bits per heavy atom. The van der Waals surface area contributed by atoms with Crippen molar-refractivity contribution in [3.8, 4) is 0 Å². The Kier molecular flexibility index (Phi) is 3.88. The molecule has 1 aliphatic carbocycles. The summed E-state index contributed by atoms with van der Waals surface area (Å²) in [6.07, 6.45) is 4.12. The third-order valence-electron chi connectivity index (χ3n) is 4.37. The molecule has 1 saturated carbocycles. The zero-order valence-corrected chi connectivity index (χ0v) is 12.2. The average Bonchev–Trinajstić information content (AvgIpc) is 2.45. The van der Waals surface area contributed by atoms with Crippen molar-refractivity contribution < 1.29 is 0 Å². The van der Waals surface area contributed by atoms with Crippen LogP contribution in [0.3, 0.4) is 0 Å². The quantitative estimate of drug-likeness (QED) is 0.905. The molecule has 3 heteroatoms. The van der Waals surface area contributed by atoms with Crippen LogP contribution in [0.5, 0.6) is 0 Å². The third kappa shape index (κ3) is 2.50. The smallest absolute Gasteiger partial charge is 0.136 e. The van der Waals surface area contributed by atoms with Gasteiger partial charge in [-0.3, -0.25) is 0 Å². The van der Waals surface area contributed by atoms with Gasteiger partial charge >= 0.3 is 0 Å². The molecule has 0 bridgehead atoms. The molecular formula is C17H23N3. The maximum Gasteiger partial charge on any atom is 0.136 e. The van der Waals surface area contributed by atoms with Crippen LogP contribution in [-0.2, 0) is 6.54 Å². The van der Waals surface area contributed by atoms with E-state index in [1.807, 2.05) is 0 Å². The molecule has 2 aromatic rings. The van der Waals surface area contributed by atoms with E-state index in [0.717, 1.165) is 30.5 Å². The number of nitrogens with two attached hydrogens (primary N) is 1.